The number of rotatable bonds is 4. The van der Waals surface area contributed by atoms with Crippen molar-refractivity contribution in [2.75, 3.05) is 19.6 Å². The average molecular weight is 260 g/mol. The molecule has 2 rings (SSSR count). The molecule has 1 fully saturated rings. The van der Waals surface area contributed by atoms with E-state index in [1.54, 1.807) is 0 Å². The van der Waals surface area contributed by atoms with Crippen molar-refractivity contribution in [2.24, 2.45) is 0 Å². The molecule has 1 aliphatic heterocycles. The van der Waals surface area contributed by atoms with Gasteiger partial charge in [0.1, 0.15) is 0 Å². The highest BCUT2D eigenvalue weighted by Gasteiger charge is 2.18. The van der Waals surface area contributed by atoms with E-state index in [0.717, 1.165) is 6.54 Å². The molecule has 0 saturated carbocycles. The van der Waals surface area contributed by atoms with Crippen molar-refractivity contribution in [3.05, 3.63) is 34.9 Å². The van der Waals surface area contributed by atoms with Crippen molar-refractivity contribution in [1.82, 2.24) is 10.2 Å². The van der Waals surface area contributed by atoms with Crippen LogP contribution in [0.15, 0.2) is 18.2 Å². The van der Waals surface area contributed by atoms with Crippen molar-refractivity contribution in [3.63, 3.8) is 0 Å². The minimum absolute atomic E-state index is 0.678. The quantitative estimate of drug-likeness (QED) is 0.894. The highest BCUT2D eigenvalue weighted by molar-refractivity contribution is 5.33. The fourth-order valence-electron chi connectivity index (χ4n) is 3.08. The Morgan fingerprint density at radius 1 is 1.26 bits per heavy atom. The van der Waals surface area contributed by atoms with E-state index in [0.29, 0.717) is 6.04 Å². The summed E-state index contributed by atoms with van der Waals surface area (Å²) in [7, 11) is 0. The van der Waals surface area contributed by atoms with E-state index in [-0.39, 0.29) is 0 Å². The van der Waals surface area contributed by atoms with Gasteiger partial charge in [0.25, 0.3) is 0 Å². The van der Waals surface area contributed by atoms with Crippen LogP contribution in [0.1, 0.15) is 42.9 Å². The third-order valence-electron chi connectivity index (χ3n) is 4.23. The van der Waals surface area contributed by atoms with E-state index in [2.05, 4.69) is 49.2 Å². The number of aryl methyl sites for hydroxylation is 2. The predicted molar refractivity (Wildman–Crippen MR) is 82.5 cm³/mol. The second kappa shape index (κ2) is 7.06. The summed E-state index contributed by atoms with van der Waals surface area (Å²) in [6.45, 7) is 11.5. The van der Waals surface area contributed by atoms with Crippen LogP contribution in [0, 0.1) is 13.8 Å². The second-order valence-corrected chi connectivity index (χ2v) is 5.90. The molecule has 0 bridgehead atoms. The average Bonchev–Trinajstić information content (AvgIpc) is 2.60. The molecule has 0 radical (unpaired) electrons. The third-order valence-corrected chi connectivity index (χ3v) is 4.23. The lowest BCUT2D eigenvalue weighted by molar-refractivity contribution is 0.254. The lowest BCUT2D eigenvalue weighted by atomic mass is 10.0. The van der Waals surface area contributed by atoms with Gasteiger partial charge in [-0.15, -0.1) is 0 Å². The smallest absolute Gasteiger partial charge is 0.0239 e. The van der Waals surface area contributed by atoms with Crippen LogP contribution in [-0.4, -0.2) is 30.6 Å². The molecule has 1 N–H and O–H groups in total. The molecule has 1 unspecified atom stereocenters. The predicted octanol–water partition coefficient (Wildman–Crippen LogP) is 3.27. The van der Waals surface area contributed by atoms with Crippen molar-refractivity contribution in [3.8, 4) is 0 Å². The topological polar surface area (TPSA) is 15.3 Å². The van der Waals surface area contributed by atoms with Gasteiger partial charge in [0.2, 0.25) is 0 Å². The highest BCUT2D eigenvalue weighted by atomic mass is 15.2. The van der Waals surface area contributed by atoms with Gasteiger partial charge in [-0.1, -0.05) is 31.5 Å². The van der Waals surface area contributed by atoms with Crippen molar-refractivity contribution in [2.45, 2.75) is 52.6 Å². The number of nitrogens with one attached hydrogen (secondary N) is 1. The third kappa shape index (κ3) is 4.05. The van der Waals surface area contributed by atoms with Crippen LogP contribution in [0.4, 0.5) is 0 Å². The monoisotopic (exact) mass is 260 g/mol. The van der Waals surface area contributed by atoms with Crippen LogP contribution >= 0.6 is 0 Å². The Morgan fingerprint density at radius 2 is 2.00 bits per heavy atom. The molecule has 0 spiro atoms. The molecule has 1 aliphatic rings. The molecular weight excluding hydrogens is 232 g/mol. The molecule has 19 heavy (non-hydrogen) atoms. The van der Waals surface area contributed by atoms with Gasteiger partial charge < -0.3 is 5.32 Å². The van der Waals surface area contributed by atoms with Gasteiger partial charge in [-0.25, -0.2) is 0 Å². The second-order valence-electron chi connectivity index (χ2n) is 5.90. The molecule has 1 atom stereocenters. The van der Waals surface area contributed by atoms with Crippen molar-refractivity contribution in [1.29, 1.82) is 0 Å². The molecule has 2 heteroatoms. The number of hydrogen-bond donors (Lipinski definition) is 1. The highest BCUT2D eigenvalue weighted by Crippen LogP contribution is 2.17. The first-order valence-electron chi connectivity index (χ1n) is 7.71. The lowest BCUT2D eigenvalue weighted by Crippen LogP contribution is -2.37. The summed E-state index contributed by atoms with van der Waals surface area (Å²) in [5, 5.41) is 3.69. The van der Waals surface area contributed by atoms with Gasteiger partial charge in [-0.2, -0.15) is 0 Å². The Morgan fingerprint density at radius 3 is 2.68 bits per heavy atom. The maximum Gasteiger partial charge on any atom is 0.0239 e. The van der Waals surface area contributed by atoms with E-state index in [1.165, 1.54) is 55.6 Å². The summed E-state index contributed by atoms with van der Waals surface area (Å²) in [5.41, 5.74) is 4.40. The standard InChI is InChI=1S/C17H28N2/c1-4-7-16-12-19(11-6-10-18-16)13-17-14(2)8-5-9-15(17)3/h5,8-9,16,18H,4,6-7,10-13H2,1-3H3. The van der Waals surface area contributed by atoms with E-state index < -0.39 is 0 Å². The minimum Gasteiger partial charge on any atom is -0.313 e. The van der Waals surface area contributed by atoms with Gasteiger partial charge >= 0.3 is 0 Å². The Balaban J connectivity index is 2.04. The molecule has 1 heterocycles. The Bertz CT molecular complexity index is 380. The molecule has 106 valence electrons. The molecule has 0 aromatic heterocycles. The maximum absolute atomic E-state index is 3.69. The Labute approximate surface area is 118 Å². The minimum atomic E-state index is 0.678. The summed E-state index contributed by atoms with van der Waals surface area (Å²) >= 11 is 0. The SMILES string of the molecule is CCCC1CN(Cc2c(C)cccc2C)CCCN1. The fraction of sp³-hybridized carbons (Fsp3) is 0.647. The molecular formula is C17H28N2. The normalized spacial score (nSPS) is 21.3. The summed E-state index contributed by atoms with van der Waals surface area (Å²) in [4.78, 5) is 2.63. The van der Waals surface area contributed by atoms with Gasteiger partial charge in [-0.05, 0) is 56.5 Å². The Kier molecular flexibility index (Phi) is 5.41. The molecule has 2 nitrogen and oxygen atoms in total. The maximum atomic E-state index is 3.69. The molecule has 1 saturated heterocycles. The van der Waals surface area contributed by atoms with Gasteiger partial charge in [0.05, 0.1) is 0 Å². The van der Waals surface area contributed by atoms with Gasteiger partial charge in [0.15, 0.2) is 0 Å². The zero-order valence-electron chi connectivity index (χ0n) is 12.7. The number of nitrogens with zero attached hydrogens (tertiary/aromatic N) is 1. The van der Waals surface area contributed by atoms with Gasteiger partial charge in [0, 0.05) is 19.1 Å². The molecule has 1 aromatic carbocycles. The zero-order valence-corrected chi connectivity index (χ0v) is 12.7. The van der Waals surface area contributed by atoms with E-state index in [4.69, 9.17) is 0 Å². The van der Waals surface area contributed by atoms with Crippen LogP contribution in [0.25, 0.3) is 0 Å². The lowest BCUT2D eigenvalue weighted by Gasteiger charge is -2.25. The van der Waals surface area contributed by atoms with Crippen molar-refractivity contribution >= 4 is 0 Å². The molecule has 0 amide bonds. The van der Waals surface area contributed by atoms with E-state index in [1.807, 2.05) is 0 Å². The van der Waals surface area contributed by atoms with Crippen LogP contribution in [0.3, 0.4) is 0 Å². The first-order chi connectivity index (χ1) is 9.20. The number of benzene rings is 1. The van der Waals surface area contributed by atoms with Crippen LogP contribution in [-0.2, 0) is 6.54 Å². The van der Waals surface area contributed by atoms with Crippen molar-refractivity contribution < 1.29 is 0 Å². The van der Waals surface area contributed by atoms with E-state index in [9.17, 15) is 0 Å². The molecule has 0 aliphatic carbocycles. The number of hydrogen-bond acceptors (Lipinski definition) is 2. The first kappa shape index (κ1) is 14.5. The van der Waals surface area contributed by atoms with Crippen LogP contribution in [0.5, 0.6) is 0 Å². The largest absolute Gasteiger partial charge is 0.313 e. The summed E-state index contributed by atoms with van der Waals surface area (Å²) < 4.78 is 0. The fourth-order valence-corrected chi connectivity index (χ4v) is 3.08. The first-order valence-corrected chi connectivity index (χ1v) is 7.71. The molecule has 1 aromatic rings. The van der Waals surface area contributed by atoms with Gasteiger partial charge in [-0.3, -0.25) is 4.90 Å². The van der Waals surface area contributed by atoms with Crippen LogP contribution < -0.4 is 5.32 Å². The summed E-state index contributed by atoms with van der Waals surface area (Å²) in [6, 6.07) is 7.32. The van der Waals surface area contributed by atoms with E-state index >= 15 is 0 Å². The Hall–Kier alpha value is -0.860. The summed E-state index contributed by atoms with van der Waals surface area (Å²) in [5.74, 6) is 0. The zero-order chi connectivity index (χ0) is 13.7. The summed E-state index contributed by atoms with van der Waals surface area (Å²) in [6.07, 6.45) is 3.84. The van der Waals surface area contributed by atoms with Crippen LogP contribution in [0.2, 0.25) is 0 Å².